The number of amidine groups is 1. The quantitative estimate of drug-likeness (QED) is 0.887. The van der Waals surface area contributed by atoms with E-state index in [9.17, 15) is 4.79 Å². The maximum atomic E-state index is 12.1. The van der Waals surface area contributed by atoms with E-state index >= 15 is 0 Å². The van der Waals surface area contributed by atoms with Gasteiger partial charge in [0.15, 0.2) is 5.84 Å². The molecule has 1 aliphatic heterocycles. The number of carbonyl (C=O) groups is 1. The fraction of sp³-hybridized carbons (Fsp3) is 0.0625. The van der Waals surface area contributed by atoms with Crippen molar-refractivity contribution in [1.82, 2.24) is 0 Å². The minimum atomic E-state index is -0.419. The van der Waals surface area contributed by atoms with Crippen molar-refractivity contribution in [3.63, 3.8) is 0 Å². The van der Waals surface area contributed by atoms with E-state index in [1.54, 1.807) is 12.1 Å². The van der Waals surface area contributed by atoms with Gasteiger partial charge in [-0.3, -0.25) is 5.41 Å². The van der Waals surface area contributed by atoms with Crippen LogP contribution in [0.2, 0.25) is 0 Å². The molecule has 0 spiro atoms. The van der Waals surface area contributed by atoms with Gasteiger partial charge in [-0.15, -0.1) is 0 Å². The predicted molar refractivity (Wildman–Crippen MR) is 79.8 cm³/mol. The van der Waals surface area contributed by atoms with Crippen LogP contribution >= 0.6 is 0 Å². The van der Waals surface area contributed by atoms with E-state index in [-0.39, 0.29) is 5.84 Å². The van der Waals surface area contributed by atoms with Crippen molar-refractivity contribution in [2.75, 3.05) is 4.90 Å². The summed E-state index contributed by atoms with van der Waals surface area (Å²) in [7, 11) is 0. The normalized spacial score (nSPS) is 14.7. The number of benzene rings is 2. The monoisotopic (exact) mass is 263 g/mol. The molecule has 2 amide bonds. The van der Waals surface area contributed by atoms with Crippen molar-refractivity contribution in [1.29, 1.82) is 5.41 Å². The Morgan fingerprint density at radius 2 is 1.80 bits per heavy atom. The van der Waals surface area contributed by atoms with E-state index in [2.05, 4.69) is 4.99 Å². The van der Waals surface area contributed by atoms with Crippen molar-refractivity contribution in [2.45, 2.75) is 6.92 Å². The number of nitrogens with one attached hydrogen (secondary N) is 1. The van der Waals surface area contributed by atoms with Gasteiger partial charge in [-0.2, -0.15) is 4.99 Å². The number of hydrogen-bond donors (Lipinski definition) is 1. The third-order valence-electron chi connectivity index (χ3n) is 3.15. The Labute approximate surface area is 116 Å². The zero-order chi connectivity index (χ0) is 14.1. The first-order valence-corrected chi connectivity index (χ1v) is 6.30. The van der Waals surface area contributed by atoms with E-state index < -0.39 is 6.03 Å². The second-order valence-electron chi connectivity index (χ2n) is 4.63. The molecule has 0 saturated carbocycles. The lowest BCUT2D eigenvalue weighted by Crippen LogP contribution is -2.32. The highest BCUT2D eigenvalue weighted by Gasteiger charge is 2.31. The predicted octanol–water partition coefficient (Wildman–Crippen LogP) is 3.40. The highest BCUT2D eigenvalue weighted by Crippen LogP contribution is 2.22. The Balaban J connectivity index is 1.99. The van der Waals surface area contributed by atoms with Gasteiger partial charge in [0.05, 0.1) is 5.69 Å². The molecule has 0 atom stereocenters. The number of hydrogen-bond acceptors (Lipinski definition) is 2. The first-order chi connectivity index (χ1) is 9.66. The number of aryl methyl sites for hydroxylation is 1. The molecular weight excluding hydrogens is 250 g/mol. The molecule has 0 fully saturated rings. The largest absolute Gasteiger partial charge is 0.354 e. The molecule has 0 radical (unpaired) electrons. The maximum Gasteiger partial charge on any atom is 0.354 e. The van der Waals surface area contributed by atoms with Crippen LogP contribution in [0.25, 0.3) is 0 Å². The van der Waals surface area contributed by atoms with Crippen LogP contribution in [-0.4, -0.2) is 17.6 Å². The number of amides is 2. The zero-order valence-corrected chi connectivity index (χ0v) is 11.0. The first-order valence-electron chi connectivity index (χ1n) is 6.30. The van der Waals surface area contributed by atoms with Crippen molar-refractivity contribution < 1.29 is 4.79 Å². The Morgan fingerprint density at radius 1 is 1.05 bits per heavy atom. The van der Waals surface area contributed by atoms with E-state index in [0.717, 1.165) is 11.1 Å². The van der Waals surface area contributed by atoms with Crippen molar-refractivity contribution >= 4 is 23.3 Å². The highest BCUT2D eigenvalue weighted by molar-refractivity contribution is 6.59. The van der Waals surface area contributed by atoms with Crippen molar-refractivity contribution in [2.24, 2.45) is 4.99 Å². The first kappa shape index (κ1) is 12.3. The molecule has 4 nitrogen and oxygen atoms in total. The summed E-state index contributed by atoms with van der Waals surface area (Å²) in [5.41, 5.74) is 2.95. The number of aliphatic imine (C=N–C) groups is 1. The Kier molecular flexibility index (Phi) is 2.91. The van der Waals surface area contributed by atoms with E-state index in [4.69, 9.17) is 5.41 Å². The summed E-state index contributed by atoms with van der Waals surface area (Å²) in [5, 5.41) is 8.21. The van der Waals surface area contributed by atoms with Gasteiger partial charge in [-0.1, -0.05) is 42.0 Å². The molecule has 2 aromatic rings. The van der Waals surface area contributed by atoms with Crippen LogP contribution in [0.3, 0.4) is 0 Å². The van der Waals surface area contributed by atoms with Gasteiger partial charge in [0.25, 0.3) is 0 Å². The number of anilines is 1. The summed E-state index contributed by atoms with van der Waals surface area (Å²) >= 11 is 0. The van der Waals surface area contributed by atoms with Crippen molar-refractivity contribution in [3.8, 4) is 0 Å². The fourth-order valence-corrected chi connectivity index (χ4v) is 2.21. The second-order valence-corrected chi connectivity index (χ2v) is 4.63. The number of carbonyl (C=O) groups excluding carboxylic acids is 1. The van der Waals surface area contributed by atoms with Crippen LogP contribution in [0, 0.1) is 12.3 Å². The van der Waals surface area contributed by atoms with Crippen molar-refractivity contribution in [3.05, 3.63) is 65.7 Å². The smallest absolute Gasteiger partial charge is 0.282 e. The summed E-state index contributed by atoms with van der Waals surface area (Å²) in [6.45, 7) is 1.97. The topological polar surface area (TPSA) is 56.5 Å². The van der Waals surface area contributed by atoms with Crippen LogP contribution in [0.1, 0.15) is 11.1 Å². The molecule has 4 heteroatoms. The van der Waals surface area contributed by atoms with Gasteiger partial charge in [-0.05, 0) is 25.1 Å². The zero-order valence-electron chi connectivity index (χ0n) is 11.0. The molecule has 1 N–H and O–H groups in total. The van der Waals surface area contributed by atoms with Crippen LogP contribution in [0.4, 0.5) is 10.5 Å². The average Bonchev–Trinajstić information content (AvgIpc) is 2.75. The lowest BCUT2D eigenvalue weighted by atomic mass is 10.1. The maximum absolute atomic E-state index is 12.1. The molecule has 1 aliphatic rings. The lowest BCUT2D eigenvalue weighted by molar-refractivity contribution is 0.257. The summed E-state index contributed by atoms with van der Waals surface area (Å²) in [4.78, 5) is 17.4. The molecule has 0 bridgehead atoms. The molecule has 0 saturated heterocycles. The van der Waals surface area contributed by atoms with Gasteiger partial charge in [0, 0.05) is 5.56 Å². The van der Waals surface area contributed by atoms with Crippen LogP contribution in [0.5, 0.6) is 0 Å². The summed E-state index contributed by atoms with van der Waals surface area (Å²) in [6, 6.07) is 16.4. The fourth-order valence-electron chi connectivity index (χ4n) is 2.21. The molecule has 20 heavy (non-hydrogen) atoms. The minimum Gasteiger partial charge on any atom is -0.282 e. The van der Waals surface area contributed by atoms with Gasteiger partial charge in [0.1, 0.15) is 5.71 Å². The standard InChI is InChI=1S/C16H13N3O/c1-11-6-5-7-12(10-11)14-15(17)19(16(20)18-14)13-8-3-2-4-9-13/h2-10,17H,1H3. The van der Waals surface area contributed by atoms with Crippen LogP contribution in [0.15, 0.2) is 59.6 Å². The molecular formula is C16H13N3O. The molecule has 0 aromatic heterocycles. The van der Waals surface area contributed by atoms with Gasteiger partial charge >= 0.3 is 6.03 Å². The number of rotatable bonds is 2. The second kappa shape index (κ2) is 4.74. The molecule has 2 aromatic carbocycles. The third kappa shape index (κ3) is 2.01. The Bertz CT molecular complexity index is 720. The SMILES string of the molecule is Cc1cccc(C2=NC(=O)N(c3ccccc3)C2=N)c1. The molecule has 3 rings (SSSR count). The van der Waals surface area contributed by atoms with Gasteiger partial charge in [-0.25, -0.2) is 9.69 Å². The van der Waals surface area contributed by atoms with Crippen LogP contribution < -0.4 is 4.90 Å². The molecule has 0 unspecified atom stereocenters. The number of nitrogens with zero attached hydrogens (tertiary/aromatic N) is 2. The minimum absolute atomic E-state index is 0.117. The molecule has 1 heterocycles. The van der Waals surface area contributed by atoms with E-state index in [0.29, 0.717) is 11.4 Å². The third-order valence-corrected chi connectivity index (χ3v) is 3.15. The summed E-state index contributed by atoms with van der Waals surface area (Å²) in [6.07, 6.45) is 0. The Morgan fingerprint density at radius 3 is 2.50 bits per heavy atom. The molecule has 98 valence electrons. The Hall–Kier alpha value is -2.75. The van der Waals surface area contributed by atoms with E-state index in [1.165, 1.54) is 4.90 Å². The number of para-hydroxylation sites is 1. The molecule has 0 aliphatic carbocycles. The highest BCUT2D eigenvalue weighted by atomic mass is 16.2. The number of urea groups is 1. The van der Waals surface area contributed by atoms with Crippen LogP contribution in [-0.2, 0) is 0 Å². The average molecular weight is 263 g/mol. The summed E-state index contributed by atoms with van der Waals surface area (Å²) < 4.78 is 0. The van der Waals surface area contributed by atoms with E-state index in [1.807, 2.05) is 49.4 Å². The summed E-state index contributed by atoms with van der Waals surface area (Å²) in [5.74, 6) is 0.117. The lowest BCUT2D eigenvalue weighted by Gasteiger charge is -2.15. The van der Waals surface area contributed by atoms with Gasteiger partial charge in [0.2, 0.25) is 0 Å². The van der Waals surface area contributed by atoms with Gasteiger partial charge < -0.3 is 0 Å².